The van der Waals surface area contributed by atoms with Gasteiger partial charge in [0, 0.05) is 25.7 Å². The number of aromatic nitrogens is 1. The van der Waals surface area contributed by atoms with Gasteiger partial charge in [0.05, 0.1) is 12.3 Å². The normalized spacial score (nSPS) is 11.9. The topological polar surface area (TPSA) is 102 Å². The minimum atomic E-state index is -3.75. The lowest BCUT2D eigenvalue weighted by Gasteiger charge is -2.16. The summed E-state index contributed by atoms with van der Waals surface area (Å²) in [4.78, 5) is 12.7. The van der Waals surface area contributed by atoms with E-state index in [1.54, 1.807) is 19.9 Å². The van der Waals surface area contributed by atoms with Crippen LogP contribution in [0, 0.1) is 6.92 Å². The van der Waals surface area contributed by atoms with Crippen molar-refractivity contribution in [1.82, 2.24) is 9.46 Å². The number of ether oxygens (including phenoxy) is 1. The predicted octanol–water partition coefficient (Wildman–Crippen LogP) is 3.01. The summed E-state index contributed by atoms with van der Waals surface area (Å²) in [5.74, 6) is 0.289. The van der Waals surface area contributed by atoms with E-state index in [1.807, 2.05) is 13.8 Å². The summed E-state index contributed by atoms with van der Waals surface area (Å²) in [6, 6.07) is 4.50. The lowest BCUT2D eigenvalue weighted by Crippen LogP contribution is -2.23. The van der Waals surface area contributed by atoms with Crippen molar-refractivity contribution in [2.24, 2.45) is 0 Å². The molecule has 0 spiro atoms. The second-order valence-electron chi connectivity index (χ2n) is 6.50. The number of nitrogens with one attached hydrogen (secondary N) is 1. The predicted molar refractivity (Wildman–Crippen MR) is 102 cm³/mol. The van der Waals surface area contributed by atoms with E-state index in [0.717, 1.165) is 4.31 Å². The number of amides is 1. The molecule has 0 aliphatic carbocycles. The van der Waals surface area contributed by atoms with Crippen LogP contribution in [0.15, 0.2) is 27.6 Å². The highest BCUT2D eigenvalue weighted by molar-refractivity contribution is 7.89. The minimum absolute atomic E-state index is 0.0155. The highest BCUT2D eigenvalue weighted by atomic mass is 32.2. The van der Waals surface area contributed by atoms with Gasteiger partial charge in [0.1, 0.15) is 16.2 Å². The Morgan fingerprint density at radius 2 is 2.00 bits per heavy atom. The van der Waals surface area contributed by atoms with Crippen LogP contribution in [0.2, 0.25) is 0 Å². The second kappa shape index (κ2) is 8.10. The van der Waals surface area contributed by atoms with Gasteiger partial charge in [-0.05, 0) is 32.0 Å². The summed E-state index contributed by atoms with van der Waals surface area (Å²) in [5, 5.41) is 6.58. The van der Waals surface area contributed by atoms with Crippen molar-refractivity contribution in [1.29, 1.82) is 0 Å². The van der Waals surface area contributed by atoms with Gasteiger partial charge in [-0.3, -0.25) is 4.79 Å². The van der Waals surface area contributed by atoms with E-state index in [1.165, 1.54) is 26.2 Å². The number of nitrogens with zero attached hydrogens (tertiary/aromatic N) is 2. The van der Waals surface area contributed by atoms with Gasteiger partial charge < -0.3 is 14.6 Å². The fourth-order valence-corrected chi connectivity index (χ4v) is 3.56. The SMILES string of the molecule is CCOc1ccc(NC(=O)c2c(C)noc2C(C)C)cc1S(=O)(=O)N(C)C. The number of hydrogen-bond donors (Lipinski definition) is 1. The summed E-state index contributed by atoms with van der Waals surface area (Å²) >= 11 is 0. The molecular weight excluding hydrogens is 370 g/mol. The maximum absolute atomic E-state index is 12.7. The van der Waals surface area contributed by atoms with E-state index in [9.17, 15) is 13.2 Å². The fourth-order valence-electron chi connectivity index (χ4n) is 2.51. The van der Waals surface area contributed by atoms with E-state index in [4.69, 9.17) is 9.26 Å². The molecule has 2 aromatic rings. The number of benzene rings is 1. The molecule has 1 heterocycles. The first-order valence-corrected chi connectivity index (χ1v) is 10.0. The number of anilines is 1. The van der Waals surface area contributed by atoms with Crippen LogP contribution >= 0.6 is 0 Å². The Bertz CT molecular complexity index is 932. The van der Waals surface area contributed by atoms with E-state index >= 15 is 0 Å². The van der Waals surface area contributed by atoms with Gasteiger partial charge in [0.25, 0.3) is 5.91 Å². The van der Waals surface area contributed by atoms with Crippen LogP contribution in [-0.2, 0) is 10.0 Å². The maximum Gasteiger partial charge on any atom is 0.261 e. The molecule has 1 N–H and O–H groups in total. The third-order valence-electron chi connectivity index (χ3n) is 3.90. The largest absolute Gasteiger partial charge is 0.492 e. The van der Waals surface area contributed by atoms with Gasteiger partial charge in [-0.15, -0.1) is 0 Å². The molecule has 0 radical (unpaired) electrons. The number of carbonyl (C=O) groups excluding carboxylic acids is 1. The van der Waals surface area contributed by atoms with Crippen LogP contribution in [0.25, 0.3) is 0 Å². The molecule has 0 unspecified atom stereocenters. The maximum atomic E-state index is 12.7. The first-order chi connectivity index (χ1) is 12.6. The lowest BCUT2D eigenvalue weighted by atomic mass is 10.0. The zero-order valence-electron chi connectivity index (χ0n) is 16.4. The summed E-state index contributed by atoms with van der Waals surface area (Å²) in [6.45, 7) is 7.57. The van der Waals surface area contributed by atoms with Crippen LogP contribution in [0.5, 0.6) is 5.75 Å². The van der Waals surface area contributed by atoms with Crippen LogP contribution in [0.3, 0.4) is 0 Å². The van der Waals surface area contributed by atoms with E-state index in [-0.39, 0.29) is 16.6 Å². The average molecular weight is 395 g/mol. The van der Waals surface area contributed by atoms with Crippen molar-refractivity contribution in [2.75, 3.05) is 26.0 Å². The van der Waals surface area contributed by atoms with Crippen molar-refractivity contribution in [3.05, 3.63) is 35.2 Å². The van der Waals surface area contributed by atoms with Gasteiger partial charge in [-0.2, -0.15) is 0 Å². The molecule has 27 heavy (non-hydrogen) atoms. The summed E-state index contributed by atoms with van der Waals surface area (Å²) in [5.41, 5.74) is 1.17. The zero-order valence-corrected chi connectivity index (χ0v) is 17.2. The Hall–Kier alpha value is -2.39. The third kappa shape index (κ3) is 4.30. The number of aryl methyl sites for hydroxylation is 1. The molecule has 0 atom stereocenters. The Kier molecular flexibility index (Phi) is 6.27. The lowest BCUT2D eigenvalue weighted by molar-refractivity contribution is 0.102. The molecule has 1 amide bonds. The molecular formula is C18H25N3O5S. The van der Waals surface area contributed by atoms with Crippen molar-refractivity contribution in [2.45, 2.75) is 38.5 Å². The smallest absolute Gasteiger partial charge is 0.261 e. The molecule has 148 valence electrons. The Balaban J connectivity index is 2.43. The second-order valence-corrected chi connectivity index (χ2v) is 8.62. The molecule has 8 nitrogen and oxygen atoms in total. The molecule has 2 rings (SSSR count). The van der Waals surface area contributed by atoms with Gasteiger partial charge in [-0.1, -0.05) is 19.0 Å². The van der Waals surface area contributed by atoms with Crippen LogP contribution in [-0.4, -0.2) is 44.5 Å². The van der Waals surface area contributed by atoms with Crippen LogP contribution in [0.4, 0.5) is 5.69 Å². The average Bonchev–Trinajstić information content (AvgIpc) is 2.98. The molecule has 0 saturated heterocycles. The fraction of sp³-hybridized carbons (Fsp3) is 0.444. The highest BCUT2D eigenvalue weighted by Gasteiger charge is 2.25. The molecule has 1 aromatic carbocycles. The molecule has 1 aromatic heterocycles. The molecule has 0 aliphatic rings. The Morgan fingerprint density at radius 1 is 1.33 bits per heavy atom. The molecule has 0 saturated carbocycles. The summed E-state index contributed by atoms with van der Waals surface area (Å²) in [6.07, 6.45) is 0. The van der Waals surface area contributed by atoms with E-state index in [0.29, 0.717) is 29.3 Å². The third-order valence-corrected chi connectivity index (χ3v) is 5.74. The van der Waals surface area contributed by atoms with Crippen molar-refractivity contribution in [3.63, 3.8) is 0 Å². The van der Waals surface area contributed by atoms with Gasteiger partial charge in [0.2, 0.25) is 10.0 Å². The van der Waals surface area contributed by atoms with Crippen LogP contribution in [0.1, 0.15) is 48.5 Å². The van der Waals surface area contributed by atoms with Crippen molar-refractivity contribution >= 4 is 21.6 Å². The quantitative estimate of drug-likeness (QED) is 0.773. The summed E-state index contributed by atoms with van der Waals surface area (Å²) in [7, 11) is -0.873. The molecule has 0 aliphatic heterocycles. The molecule has 0 fully saturated rings. The molecule has 0 bridgehead atoms. The van der Waals surface area contributed by atoms with E-state index in [2.05, 4.69) is 10.5 Å². The minimum Gasteiger partial charge on any atom is -0.492 e. The van der Waals surface area contributed by atoms with E-state index < -0.39 is 15.9 Å². The standard InChI is InChI=1S/C18H25N3O5S/c1-7-25-14-9-8-13(10-15(14)27(23,24)21(5)6)19-18(22)16-12(4)20-26-17(16)11(2)3/h8-11H,7H2,1-6H3,(H,19,22). The van der Waals surface area contributed by atoms with Gasteiger partial charge >= 0.3 is 0 Å². The Morgan fingerprint density at radius 3 is 2.56 bits per heavy atom. The first kappa shape index (κ1) is 20.9. The first-order valence-electron chi connectivity index (χ1n) is 8.56. The zero-order chi connectivity index (χ0) is 20.4. The van der Waals surface area contributed by atoms with Crippen molar-refractivity contribution in [3.8, 4) is 5.75 Å². The van der Waals surface area contributed by atoms with Gasteiger partial charge in [-0.25, -0.2) is 12.7 Å². The number of carbonyl (C=O) groups is 1. The van der Waals surface area contributed by atoms with Crippen molar-refractivity contribution < 1.29 is 22.5 Å². The van der Waals surface area contributed by atoms with Gasteiger partial charge in [0.15, 0.2) is 5.76 Å². The Labute approximate surface area is 159 Å². The monoisotopic (exact) mass is 395 g/mol. The summed E-state index contributed by atoms with van der Waals surface area (Å²) < 4.78 is 37.0. The van der Waals surface area contributed by atoms with Crippen LogP contribution < -0.4 is 10.1 Å². The number of sulfonamides is 1. The highest BCUT2D eigenvalue weighted by Crippen LogP contribution is 2.30. The number of rotatable bonds is 7. The number of hydrogen-bond acceptors (Lipinski definition) is 6. The molecule has 9 heteroatoms.